The molecule has 1 N–H and O–H groups in total. The summed E-state index contributed by atoms with van der Waals surface area (Å²) < 4.78 is 0. The van der Waals surface area contributed by atoms with Crippen LogP contribution in [0, 0.1) is 0 Å². The molecule has 0 radical (unpaired) electrons. The van der Waals surface area contributed by atoms with Crippen molar-refractivity contribution in [1.82, 2.24) is 10.3 Å². The van der Waals surface area contributed by atoms with Crippen LogP contribution in [0.5, 0.6) is 0 Å². The van der Waals surface area contributed by atoms with Gasteiger partial charge in [0.05, 0.1) is 0 Å². The van der Waals surface area contributed by atoms with Gasteiger partial charge in [0.25, 0.3) is 0 Å². The number of hydrogen-bond acceptors (Lipinski definition) is 2. The molecule has 2 heteroatoms. The summed E-state index contributed by atoms with van der Waals surface area (Å²) in [5.74, 6) is 0. The second-order valence-electron chi connectivity index (χ2n) is 4.10. The van der Waals surface area contributed by atoms with E-state index in [-0.39, 0.29) is 0 Å². The van der Waals surface area contributed by atoms with E-state index in [0.717, 1.165) is 19.0 Å². The zero-order valence-electron chi connectivity index (χ0n) is 9.24. The van der Waals surface area contributed by atoms with Crippen LogP contribution >= 0.6 is 0 Å². The summed E-state index contributed by atoms with van der Waals surface area (Å²) >= 11 is 0. The van der Waals surface area contributed by atoms with Gasteiger partial charge in [-0.1, -0.05) is 24.6 Å². The molecule has 80 valence electrons. The average molecular weight is 202 g/mol. The van der Waals surface area contributed by atoms with Crippen LogP contribution in [0.3, 0.4) is 0 Å². The Morgan fingerprint density at radius 3 is 3.07 bits per heavy atom. The molecule has 0 bridgehead atoms. The van der Waals surface area contributed by atoms with Gasteiger partial charge in [0, 0.05) is 25.0 Å². The van der Waals surface area contributed by atoms with E-state index >= 15 is 0 Å². The summed E-state index contributed by atoms with van der Waals surface area (Å²) in [6, 6.07) is 4.86. The first-order chi connectivity index (χ1) is 7.38. The van der Waals surface area contributed by atoms with E-state index in [2.05, 4.69) is 29.4 Å². The highest BCUT2D eigenvalue weighted by atomic mass is 14.9. The number of nitrogens with zero attached hydrogens (tertiary/aromatic N) is 1. The van der Waals surface area contributed by atoms with Crippen molar-refractivity contribution in [3.05, 3.63) is 35.7 Å². The molecule has 0 unspecified atom stereocenters. The van der Waals surface area contributed by atoms with Gasteiger partial charge in [-0.3, -0.25) is 4.98 Å². The summed E-state index contributed by atoms with van der Waals surface area (Å²) in [5, 5.41) is 3.54. The maximum Gasteiger partial charge on any atom is 0.0340 e. The maximum absolute atomic E-state index is 4.11. The molecule has 1 aliphatic rings. The first kappa shape index (κ1) is 10.4. The predicted molar refractivity (Wildman–Crippen MR) is 63.5 cm³/mol. The molecule has 1 aliphatic carbocycles. The van der Waals surface area contributed by atoms with Gasteiger partial charge in [0.2, 0.25) is 0 Å². The molecular weight excluding hydrogens is 184 g/mol. The molecule has 0 saturated heterocycles. The van der Waals surface area contributed by atoms with Crippen LogP contribution in [0.15, 0.2) is 30.1 Å². The van der Waals surface area contributed by atoms with E-state index in [1.54, 1.807) is 0 Å². The lowest BCUT2D eigenvalue weighted by atomic mass is 10.1. The Morgan fingerprint density at radius 2 is 2.47 bits per heavy atom. The SMILES string of the molecule is CCC(=Cc1cccnc1)CNC1CC1. The summed E-state index contributed by atoms with van der Waals surface area (Å²) in [5.41, 5.74) is 2.65. The van der Waals surface area contributed by atoms with Gasteiger partial charge in [-0.2, -0.15) is 0 Å². The molecule has 1 aromatic rings. The Bertz CT molecular complexity index is 326. The Morgan fingerprint density at radius 1 is 1.60 bits per heavy atom. The van der Waals surface area contributed by atoms with Gasteiger partial charge in [-0.15, -0.1) is 0 Å². The fraction of sp³-hybridized carbons (Fsp3) is 0.462. The van der Waals surface area contributed by atoms with Crippen molar-refractivity contribution in [2.45, 2.75) is 32.2 Å². The number of pyridine rings is 1. The number of aromatic nitrogens is 1. The molecule has 1 aromatic heterocycles. The van der Waals surface area contributed by atoms with Crippen LogP contribution in [0.1, 0.15) is 31.7 Å². The molecule has 0 aliphatic heterocycles. The third-order valence-corrected chi connectivity index (χ3v) is 2.70. The molecule has 1 saturated carbocycles. The molecule has 0 spiro atoms. The number of rotatable bonds is 5. The molecule has 15 heavy (non-hydrogen) atoms. The zero-order valence-corrected chi connectivity index (χ0v) is 9.24. The van der Waals surface area contributed by atoms with Gasteiger partial charge >= 0.3 is 0 Å². The van der Waals surface area contributed by atoms with Crippen LogP contribution in [0.2, 0.25) is 0 Å². The minimum atomic E-state index is 0.786. The van der Waals surface area contributed by atoms with Crippen LogP contribution in [0.25, 0.3) is 6.08 Å². The van der Waals surface area contributed by atoms with Crippen molar-refractivity contribution >= 4 is 6.08 Å². The maximum atomic E-state index is 4.11. The van der Waals surface area contributed by atoms with Gasteiger partial charge in [-0.25, -0.2) is 0 Å². The highest BCUT2D eigenvalue weighted by Gasteiger charge is 2.19. The third kappa shape index (κ3) is 3.48. The van der Waals surface area contributed by atoms with Crippen LogP contribution in [0.4, 0.5) is 0 Å². The fourth-order valence-corrected chi connectivity index (χ4v) is 1.54. The standard InChI is InChI=1S/C13H18N2/c1-2-11(10-15-13-5-6-13)8-12-4-3-7-14-9-12/h3-4,7-9,13,15H,2,5-6,10H2,1H3. The molecule has 1 heterocycles. The molecule has 1 fully saturated rings. The Balaban J connectivity index is 1.94. The molecule has 2 nitrogen and oxygen atoms in total. The van der Waals surface area contributed by atoms with Crippen LogP contribution in [-0.2, 0) is 0 Å². The van der Waals surface area contributed by atoms with Crippen molar-refractivity contribution in [2.24, 2.45) is 0 Å². The lowest BCUT2D eigenvalue weighted by molar-refractivity contribution is 0.723. The van der Waals surface area contributed by atoms with Gasteiger partial charge in [-0.05, 0) is 30.9 Å². The van der Waals surface area contributed by atoms with Crippen molar-refractivity contribution < 1.29 is 0 Å². The fourth-order valence-electron chi connectivity index (χ4n) is 1.54. The lowest BCUT2D eigenvalue weighted by Gasteiger charge is -2.05. The smallest absolute Gasteiger partial charge is 0.0340 e. The van der Waals surface area contributed by atoms with Crippen molar-refractivity contribution in [1.29, 1.82) is 0 Å². The monoisotopic (exact) mass is 202 g/mol. The lowest BCUT2D eigenvalue weighted by Crippen LogP contribution is -2.18. The van der Waals surface area contributed by atoms with Gasteiger partial charge in [0.15, 0.2) is 0 Å². The Labute approximate surface area is 91.4 Å². The highest BCUT2D eigenvalue weighted by molar-refractivity contribution is 5.51. The second kappa shape index (κ2) is 5.08. The normalized spacial score (nSPS) is 16.7. The van der Waals surface area contributed by atoms with Crippen LogP contribution < -0.4 is 5.32 Å². The topological polar surface area (TPSA) is 24.9 Å². The Kier molecular flexibility index (Phi) is 3.51. The van der Waals surface area contributed by atoms with E-state index in [1.807, 2.05) is 18.5 Å². The number of hydrogen-bond donors (Lipinski definition) is 1. The summed E-state index contributed by atoms with van der Waals surface area (Å²) in [4.78, 5) is 4.11. The minimum Gasteiger partial charge on any atom is -0.310 e. The summed E-state index contributed by atoms with van der Waals surface area (Å²) in [6.45, 7) is 3.23. The quantitative estimate of drug-likeness (QED) is 0.794. The van der Waals surface area contributed by atoms with Crippen LogP contribution in [-0.4, -0.2) is 17.6 Å². The second-order valence-corrected chi connectivity index (χ2v) is 4.10. The van der Waals surface area contributed by atoms with Gasteiger partial charge < -0.3 is 5.32 Å². The van der Waals surface area contributed by atoms with Crippen molar-refractivity contribution in [2.75, 3.05) is 6.54 Å². The highest BCUT2D eigenvalue weighted by Crippen LogP contribution is 2.19. The number of nitrogens with one attached hydrogen (secondary N) is 1. The summed E-state index contributed by atoms with van der Waals surface area (Å²) in [7, 11) is 0. The average Bonchev–Trinajstić information content (AvgIpc) is 3.09. The molecule has 0 atom stereocenters. The molecule has 0 amide bonds. The molecule has 2 rings (SSSR count). The van der Waals surface area contributed by atoms with E-state index in [1.165, 1.54) is 24.0 Å². The van der Waals surface area contributed by atoms with E-state index < -0.39 is 0 Å². The molecular formula is C13H18N2. The molecule has 0 aromatic carbocycles. The van der Waals surface area contributed by atoms with Crippen molar-refractivity contribution in [3.63, 3.8) is 0 Å². The predicted octanol–water partition coefficient (Wildman–Crippen LogP) is 2.63. The largest absolute Gasteiger partial charge is 0.310 e. The summed E-state index contributed by atoms with van der Waals surface area (Å²) in [6.07, 6.45) is 9.77. The van der Waals surface area contributed by atoms with Crippen molar-refractivity contribution in [3.8, 4) is 0 Å². The first-order valence-corrected chi connectivity index (χ1v) is 5.71. The zero-order chi connectivity index (χ0) is 10.5. The van der Waals surface area contributed by atoms with E-state index in [0.29, 0.717) is 0 Å². The van der Waals surface area contributed by atoms with E-state index in [4.69, 9.17) is 0 Å². The van der Waals surface area contributed by atoms with E-state index in [9.17, 15) is 0 Å². The van der Waals surface area contributed by atoms with Gasteiger partial charge in [0.1, 0.15) is 0 Å². The first-order valence-electron chi connectivity index (χ1n) is 5.71. The Hall–Kier alpha value is -1.15. The minimum absolute atomic E-state index is 0.786. The third-order valence-electron chi connectivity index (χ3n) is 2.70.